The summed E-state index contributed by atoms with van der Waals surface area (Å²) < 4.78 is 24.2. The molecule has 0 unspecified atom stereocenters. The number of hydrogen-bond donors (Lipinski definition) is 2. The van der Waals surface area contributed by atoms with Gasteiger partial charge < -0.3 is 10.6 Å². The highest BCUT2D eigenvalue weighted by Crippen LogP contribution is 2.29. The number of benzene rings is 2. The standard InChI is InChI=1S/C16H13ClN2O4S/c1-9-6-10(2-4-12(9)17)16(21)18-11-3-5-13-14(7-11)24(22,23)8-15(20)19-13/h2-7H,8H2,1H3,(H,18,21)(H,19,20). The van der Waals surface area contributed by atoms with E-state index in [4.69, 9.17) is 11.6 Å². The van der Waals surface area contributed by atoms with Crippen LogP contribution >= 0.6 is 11.6 Å². The molecule has 1 heterocycles. The summed E-state index contributed by atoms with van der Waals surface area (Å²) in [6, 6.07) is 9.17. The second-order valence-corrected chi connectivity index (χ2v) is 7.80. The van der Waals surface area contributed by atoms with Gasteiger partial charge in [0.1, 0.15) is 5.75 Å². The van der Waals surface area contributed by atoms with Gasteiger partial charge in [-0.25, -0.2) is 8.42 Å². The van der Waals surface area contributed by atoms with Gasteiger partial charge in [0.05, 0.1) is 10.6 Å². The van der Waals surface area contributed by atoms with Gasteiger partial charge in [-0.3, -0.25) is 9.59 Å². The zero-order chi connectivity index (χ0) is 17.5. The van der Waals surface area contributed by atoms with E-state index in [-0.39, 0.29) is 16.5 Å². The summed E-state index contributed by atoms with van der Waals surface area (Å²) in [5, 5.41) is 5.70. The Balaban J connectivity index is 1.90. The Morgan fingerprint density at radius 1 is 1.21 bits per heavy atom. The van der Waals surface area contributed by atoms with Gasteiger partial charge in [-0.05, 0) is 48.9 Å². The zero-order valence-corrected chi connectivity index (χ0v) is 14.2. The van der Waals surface area contributed by atoms with Crippen molar-refractivity contribution in [1.29, 1.82) is 0 Å². The highest BCUT2D eigenvalue weighted by atomic mass is 35.5. The third-order valence-electron chi connectivity index (χ3n) is 3.59. The quantitative estimate of drug-likeness (QED) is 0.856. The number of rotatable bonds is 2. The van der Waals surface area contributed by atoms with Gasteiger partial charge in [-0.15, -0.1) is 0 Å². The topological polar surface area (TPSA) is 92.3 Å². The molecule has 124 valence electrons. The fourth-order valence-corrected chi connectivity index (χ4v) is 3.84. The maximum absolute atomic E-state index is 12.3. The molecule has 2 N–H and O–H groups in total. The van der Waals surface area contributed by atoms with Gasteiger partial charge >= 0.3 is 0 Å². The lowest BCUT2D eigenvalue weighted by molar-refractivity contribution is -0.114. The van der Waals surface area contributed by atoms with Crippen LogP contribution in [0.2, 0.25) is 5.02 Å². The smallest absolute Gasteiger partial charge is 0.255 e. The Labute approximate surface area is 143 Å². The predicted molar refractivity (Wildman–Crippen MR) is 91.3 cm³/mol. The van der Waals surface area contributed by atoms with Crippen molar-refractivity contribution >= 4 is 44.6 Å². The van der Waals surface area contributed by atoms with Crippen LogP contribution in [0.5, 0.6) is 0 Å². The molecule has 2 aromatic rings. The fourth-order valence-electron chi connectivity index (χ4n) is 2.39. The SMILES string of the molecule is Cc1cc(C(=O)Nc2ccc3c(c2)S(=O)(=O)CC(=O)N3)ccc1Cl. The van der Waals surface area contributed by atoms with Gasteiger partial charge in [0.15, 0.2) is 9.84 Å². The number of nitrogens with one attached hydrogen (secondary N) is 2. The van der Waals surface area contributed by atoms with Crippen LogP contribution in [0.4, 0.5) is 11.4 Å². The van der Waals surface area contributed by atoms with Crippen LogP contribution in [-0.2, 0) is 14.6 Å². The van der Waals surface area contributed by atoms with Crippen molar-refractivity contribution in [1.82, 2.24) is 0 Å². The first-order chi connectivity index (χ1) is 11.3. The molecule has 6 nitrogen and oxygen atoms in total. The molecule has 0 atom stereocenters. The van der Waals surface area contributed by atoms with Crippen LogP contribution < -0.4 is 10.6 Å². The number of carbonyl (C=O) groups excluding carboxylic acids is 2. The van der Waals surface area contributed by atoms with E-state index in [2.05, 4.69) is 10.6 Å². The molecular weight excluding hydrogens is 352 g/mol. The maximum Gasteiger partial charge on any atom is 0.255 e. The molecule has 1 aliphatic heterocycles. The molecule has 8 heteroatoms. The minimum Gasteiger partial charge on any atom is -0.324 e. The van der Waals surface area contributed by atoms with Gasteiger partial charge in [-0.1, -0.05) is 11.6 Å². The molecule has 0 fully saturated rings. The van der Waals surface area contributed by atoms with E-state index in [1.54, 1.807) is 25.1 Å². The normalized spacial score (nSPS) is 15.3. The Morgan fingerprint density at radius 3 is 2.67 bits per heavy atom. The first-order valence-corrected chi connectivity index (χ1v) is 9.03. The first kappa shape index (κ1) is 16.5. The number of fused-ring (bicyclic) bond motifs is 1. The zero-order valence-electron chi connectivity index (χ0n) is 12.6. The van der Waals surface area contributed by atoms with Crippen LogP contribution in [-0.4, -0.2) is 26.0 Å². The molecule has 0 aliphatic carbocycles. The van der Waals surface area contributed by atoms with Gasteiger partial charge in [0.25, 0.3) is 5.91 Å². The number of halogens is 1. The molecule has 0 bridgehead atoms. The number of carbonyl (C=O) groups is 2. The Morgan fingerprint density at radius 2 is 1.96 bits per heavy atom. The van der Waals surface area contributed by atoms with E-state index in [9.17, 15) is 18.0 Å². The molecule has 0 saturated carbocycles. The second kappa shape index (κ2) is 5.92. The van der Waals surface area contributed by atoms with Crippen molar-refractivity contribution in [2.45, 2.75) is 11.8 Å². The first-order valence-electron chi connectivity index (χ1n) is 7.00. The van der Waals surface area contributed by atoms with E-state index in [1.807, 2.05) is 0 Å². The summed E-state index contributed by atoms with van der Waals surface area (Å²) in [6.07, 6.45) is 0. The van der Waals surface area contributed by atoms with Crippen molar-refractivity contribution < 1.29 is 18.0 Å². The fraction of sp³-hybridized carbons (Fsp3) is 0.125. The molecular formula is C16H13ClN2O4S. The van der Waals surface area contributed by atoms with Crippen molar-refractivity contribution in [3.63, 3.8) is 0 Å². The maximum atomic E-state index is 12.3. The Hall–Kier alpha value is -2.38. The summed E-state index contributed by atoms with van der Waals surface area (Å²) in [7, 11) is -3.71. The lowest BCUT2D eigenvalue weighted by atomic mass is 10.1. The summed E-state index contributed by atoms with van der Waals surface area (Å²) in [5.41, 5.74) is 1.71. The lowest BCUT2D eigenvalue weighted by Gasteiger charge is -2.18. The summed E-state index contributed by atoms with van der Waals surface area (Å²) in [5.74, 6) is -1.56. The van der Waals surface area contributed by atoms with E-state index < -0.39 is 21.5 Å². The second-order valence-electron chi connectivity index (χ2n) is 5.44. The van der Waals surface area contributed by atoms with Crippen molar-refractivity contribution in [3.05, 3.63) is 52.5 Å². The number of hydrogen-bond acceptors (Lipinski definition) is 4. The number of amides is 2. The van der Waals surface area contributed by atoms with Crippen LogP contribution in [0.1, 0.15) is 15.9 Å². The molecule has 0 radical (unpaired) electrons. The third-order valence-corrected chi connectivity index (χ3v) is 5.66. The minimum absolute atomic E-state index is 0.00723. The van der Waals surface area contributed by atoms with Crippen molar-refractivity contribution in [2.75, 3.05) is 16.4 Å². The van der Waals surface area contributed by atoms with Crippen molar-refractivity contribution in [2.24, 2.45) is 0 Å². The van der Waals surface area contributed by atoms with Crippen molar-refractivity contribution in [3.8, 4) is 0 Å². The molecule has 24 heavy (non-hydrogen) atoms. The van der Waals surface area contributed by atoms with E-state index >= 15 is 0 Å². The van der Waals surface area contributed by atoms with Crippen LogP contribution in [0.3, 0.4) is 0 Å². The van der Waals surface area contributed by atoms with E-state index in [0.29, 0.717) is 16.3 Å². The van der Waals surface area contributed by atoms with E-state index in [0.717, 1.165) is 5.56 Å². The number of anilines is 2. The summed E-state index contributed by atoms with van der Waals surface area (Å²) in [6.45, 7) is 1.78. The predicted octanol–water partition coefficient (Wildman–Crippen LogP) is 2.63. The van der Waals surface area contributed by atoms with Crippen LogP contribution in [0, 0.1) is 6.92 Å². The molecule has 3 rings (SSSR count). The average molecular weight is 365 g/mol. The molecule has 1 aliphatic rings. The van der Waals surface area contributed by atoms with Crippen LogP contribution in [0.25, 0.3) is 0 Å². The van der Waals surface area contributed by atoms with Gasteiger partial charge in [0.2, 0.25) is 5.91 Å². The van der Waals surface area contributed by atoms with Gasteiger partial charge in [-0.2, -0.15) is 0 Å². The number of aryl methyl sites for hydroxylation is 1. The largest absolute Gasteiger partial charge is 0.324 e. The Bertz CT molecular complexity index is 970. The minimum atomic E-state index is -3.71. The Kier molecular flexibility index (Phi) is 4.06. The third kappa shape index (κ3) is 3.13. The molecule has 0 spiro atoms. The molecule has 0 aromatic heterocycles. The summed E-state index contributed by atoms with van der Waals surface area (Å²) in [4.78, 5) is 23.7. The molecule has 0 saturated heterocycles. The highest BCUT2D eigenvalue weighted by Gasteiger charge is 2.29. The average Bonchev–Trinajstić information content (AvgIpc) is 2.50. The van der Waals surface area contributed by atoms with Crippen LogP contribution in [0.15, 0.2) is 41.3 Å². The molecule has 2 amide bonds. The number of sulfone groups is 1. The summed E-state index contributed by atoms with van der Waals surface area (Å²) >= 11 is 5.94. The van der Waals surface area contributed by atoms with E-state index in [1.165, 1.54) is 18.2 Å². The monoisotopic (exact) mass is 364 g/mol. The highest BCUT2D eigenvalue weighted by molar-refractivity contribution is 7.92. The lowest BCUT2D eigenvalue weighted by Crippen LogP contribution is -2.29. The molecule has 2 aromatic carbocycles. The van der Waals surface area contributed by atoms with Gasteiger partial charge in [0, 0.05) is 16.3 Å².